The topological polar surface area (TPSA) is 65.8 Å². The standard InChI is InChI=1S/C16H15N3O2/c1-11(20)19-15(13-4-2-3-5-16(13)21)10-14(18-19)12-6-8-17-9-7-12/h2-9,15,21H,10H2,1H3/t15-/m1/s1. The molecular formula is C16H15N3O2. The van der Waals surface area contributed by atoms with Gasteiger partial charge in [0.2, 0.25) is 5.91 Å². The predicted octanol–water partition coefficient (Wildman–Crippen LogP) is 2.48. The Morgan fingerprint density at radius 1 is 1.24 bits per heavy atom. The van der Waals surface area contributed by atoms with Crippen LogP contribution in [0.15, 0.2) is 53.9 Å². The number of para-hydroxylation sites is 1. The Morgan fingerprint density at radius 2 is 1.95 bits per heavy atom. The summed E-state index contributed by atoms with van der Waals surface area (Å²) in [5.74, 6) is 0.0345. The van der Waals surface area contributed by atoms with Gasteiger partial charge in [0.15, 0.2) is 0 Å². The second-order valence-electron chi connectivity index (χ2n) is 4.92. The quantitative estimate of drug-likeness (QED) is 0.919. The summed E-state index contributed by atoms with van der Waals surface area (Å²) in [6, 6.07) is 10.5. The van der Waals surface area contributed by atoms with Gasteiger partial charge < -0.3 is 5.11 Å². The van der Waals surface area contributed by atoms with E-state index >= 15 is 0 Å². The largest absolute Gasteiger partial charge is 0.508 e. The lowest BCUT2D eigenvalue weighted by atomic mass is 9.98. The number of nitrogens with zero attached hydrogens (tertiary/aromatic N) is 3. The number of rotatable bonds is 2. The van der Waals surface area contributed by atoms with Crippen LogP contribution in [0.2, 0.25) is 0 Å². The summed E-state index contributed by atoms with van der Waals surface area (Å²) in [6.45, 7) is 1.48. The Kier molecular flexibility index (Phi) is 3.39. The fourth-order valence-corrected chi connectivity index (χ4v) is 2.53. The fourth-order valence-electron chi connectivity index (χ4n) is 2.53. The van der Waals surface area contributed by atoms with Gasteiger partial charge in [0.25, 0.3) is 0 Å². The van der Waals surface area contributed by atoms with Crippen molar-refractivity contribution in [1.29, 1.82) is 0 Å². The molecule has 0 fully saturated rings. The summed E-state index contributed by atoms with van der Waals surface area (Å²) in [4.78, 5) is 15.8. The first-order chi connectivity index (χ1) is 10.2. The molecule has 0 aliphatic carbocycles. The highest BCUT2D eigenvalue weighted by atomic mass is 16.3. The highest BCUT2D eigenvalue weighted by Crippen LogP contribution is 2.36. The molecule has 0 bridgehead atoms. The monoisotopic (exact) mass is 281 g/mol. The molecule has 1 aromatic carbocycles. The van der Waals surface area contributed by atoms with Gasteiger partial charge in [-0.15, -0.1) is 0 Å². The number of carbonyl (C=O) groups is 1. The molecule has 1 aromatic heterocycles. The number of phenolic OH excluding ortho intramolecular Hbond substituents is 1. The molecule has 1 aliphatic rings. The number of amides is 1. The maximum Gasteiger partial charge on any atom is 0.240 e. The van der Waals surface area contributed by atoms with Crippen molar-refractivity contribution in [3.63, 3.8) is 0 Å². The van der Waals surface area contributed by atoms with Crippen LogP contribution in [-0.2, 0) is 4.79 Å². The van der Waals surface area contributed by atoms with E-state index in [1.165, 1.54) is 11.9 Å². The summed E-state index contributed by atoms with van der Waals surface area (Å²) in [5, 5.41) is 15.9. The van der Waals surface area contributed by atoms with Gasteiger partial charge in [-0.1, -0.05) is 18.2 Å². The lowest BCUT2D eigenvalue weighted by Gasteiger charge is -2.21. The Labute approximate surface area is 122 Å². The zero-order chi connectivity index (χ0) is 14.8. The lowest BCUT2D eigenvalue weighted by Crippen LogP contribution is -2.24. The molecule has 0 unspecified atom stereocenters. The normalized spacial score (nSPS) is 17.7. The molecule has 1 atom stereocenters. The third kappa shape index (κ3) is 2.50. The van der Waals surface area contributed by atoms with Crippen molar-refractivity contribution in [3.05, 3.63) is 59.9 Å². The molecule has 3 rings (SSSR count). The maximum atomic E-state index is 11.8. The van der Waals surface area contributed by atoms with E-state index in [1.807, 2.05) is 24.3 Å². The highest BCUT2D eigenvalue weighted by molar-refractivity contribution is 6.03. The van der Waals surface area contributed by atoms with E-state index in [0.29, 0.717) is 12.0 Å². The summed E-state index contributed by atoms with van der Waals surface area (Å²) < 4.78 is 0. The van der Waals surface area contributed by atoms with Crippen LogP contribution >= 0.6 is 0 Å². The van der Waals surface area contributed by atoms with E-state index in [0.717, 1.165) is 11.3 Å². The molecule has 2 heterocycles. The fraction of sp³-hybridized carbons (Fsp3) is 0.188. The molecule has 0 saturated carbocycles. The highest BCUT2D eigenvalue weighted by Gasteiger charge is 2.32. The number of hydrazone groups is 1. The van der Waals surface area contributed by atoms with E-state index in [1.54, 1.807) is 24.5 Å². The van der Waals surface area contributed by atoms with Gasteiger partial charge in [0.1, 0.15) is 5.75 Å². The number of aromatic hydroxyl groups is 1. The van der Waals surface area contributed by atoms with Crippen molar-refractivity contribution >= 4 is 11.6 Å². The van der Waals surface area contributed by atoms with Gasteiger partial charge in [-0.2, -0.15) is 5.10 Å². The number of aromatic nitrogens is 1. The number of carbonyl (C=O) groups excluding carboxylic acids is 1. The minimum Gasteiger partial charge on any atom is -0.508 e. The van der Waals surface area contributed by atoms with Crippen molar-refractivity contribution < 1.29 is 9.90 Å². The summed E-state index contributed by atoms with van der Waals surface area (Å²) in [7, 11) is 0. The molecule has 1 aliphatic heterocycles. The molecule has 1 amide bonds. The Hall–Kier alpha value is -2.69. The van der Waals surface area contributed by atoms with Crippen molar-refractivity contribution in [1.82, 2.24) is 9.99 Å². The van der Waals surface area contributed by atoms with E-state index in [4.69, 9.17) is 0 Å². The summed E-state index contributed by atoms with van der Waals surface area (Å²) >= 11 is 0. The van der Waals surface area contributed by atoms with Crippen LogP contribution in [0, 0.1) is 0 Å². The maximum absolute atomic E-state index is 11.8. The summed E-state index contributed by atoms with van der Waals surface area (Å²) in [6.07, 6.45) is 3.97. The molecule has 0 spiro atoms. The number of pyridine rings is 1. The van der Waals surface area contributed by atoms with Crippen LogP contribution in [0.1, 0.15) is 30.5 Å². The molecule has 0 saturated heterocycles. The number of hydrogen-bond acceptors (Lipinski definition) is 4. The molecule has 5 heteroatoms. The van der Waals surface area contributed by atoms with Crippen molar-refractivity contribution in [2.75, 3.05) is 0 Å². The minimum absolute atomic E-state index is 0.146. The van der Waals surface area contributed by atoms with Crippen LogP contribution in [0.3, 0.4) is 0 Å². The molecule has 0 radical (unpaired) electrons. The number of phenols is 1. The smallest absolute Gasteiger partial charge is 0.240 e. The van der Waals surface area contributed by atoms with Crippen LogP contribution in [0.4, 0.5) is 0 Å². The zero-order valence-electron chi connectivity index (χ0n) is 11.6. The average Bonchev–Trinajstić information content (AvgIpc) is 2.94. The van der Waals surface area contributed by atoms with Crippen LogP contribution < -0.4 is 0 Å². The molecule has 21 heavy (non-hydrogen) atoms. The van der Waals surface area contributed by atoms with Crippen molar-refractivity contribution in [2.45, 2.75) is 19.4 Å². The third-order valence-electron chi connectivity index (χ3n) is 3.54. The van der Waals surface area contributed by atoms with Crippen molar-refractivity contribution in [3.8, 4) is 5.75 Å². The molecule has 106 valence electrons. The van der Waals surface area contributed by atoms with Crippen LogP contribution in [0.25, 0.3) is 0 Å². The first-order valence-corrected chi connectivity index (χ1v) is 6.72. The second kappa shape index (κ2) is 5.36. The Bertz CT molecular complexity index is 698. The van der Waals surface area contributed by atoms with Crippen molar-refractivity contribution in [2.24, 2.45) is 5.10 Å². The number of benzene rings is 1. The van der Waals surface area contributed by atoms with Gasteiger partial charge in [0.05, 0.1) is 11.8 Å². The SMILES string of the molecule is CC(=O)N1N=C(c2ccncc2)C[C@@H]1c1ccccc1O. The van der Waals surface area contributed by atoms with Gasteiger partial charge in [-0.3, -0.25) is 9.78 Å². The van der Waals surface area contributed by atoms with Gasteiger partial charge in [-0.25, -0.2) is 5.01 Å². The predicted molar refractivity (Wildman–Crippen MR) is 78.8 cm³/mol. The molecular weight excluding hydrogens is 266 g/mol. The summed E-state index contributed by atoms with van der Waals surface area (Å²) in [5.41, 5.74) is 2.47. The van der Waals surface area contributed by atoms with Crippen LogP contribution in [0.5, 0.6) is 5.75 Å². The minimum atomic E-state index is -0.271. The molecule has 1 N–H and O–H groups in total. The third-order valence-corrected chi connectivity index (χ3v) is 3.54. The van der Waals surface area contributed by atoms with E-state index in [-0.39, 0.29) is 17.7 Å². The lowest BCUT2D eigenvalue weighted by molar-refractivity contribution is -0.130. The van der Waals surface area contributed by atoms with Gasteiger partial charge >= 0.3 is 0 Å². The Balaban J connectivity index is 1.98. The molecule has 2 aromatic rings. The van der Waals surface area contributed by atoms with Gasteiger partial charge in [-0.05, 0) is 18.2 Å². The van der Waals surface area contributed by atoms with E-state index in [2.05, 4.69) is 10.1 Å². The Morgan fingerprint density at radius 3 is 2.62 bits per heavy atom. The zero-order valence-corrected chi connectivity index (χ0v) is 11.6. The average molecular weight is 281 g/mol. The number of hydrogen-bond donors (Lipinski definition) is 1. The first kappa shape index (κ1) is 13.3. The van der Waals surface area contributed by atoms with Gasteiger partial charge in [0, 0.05) is 36.9 Å². The second-order valence-corrected chi connectivity index (χ2v) is 4.92. The van der Waals surface area contributed by atoms with Crippen LogP contribution in [-0.4, -0.2) is 26.7 Å². The van der Waals surface area contributed by atoms with E-state index in [9.17, 15) is 9.90 Å². The molecule has 5 nitrogen and oxygen atoms in total. The first-order valence-electron chi connectivity index (χ1n) is 6.72. The van der Waals surface area contributed by atoms with E-state index < -0.39 is 0 Å².